The van der Waals surface area contributed by atoms with E-state index >= 15 is 0 Å². The van der Waals surface area contributed by atoms with Crippen molar-refractivity contribution in [1.29, 1.82) is 0 Å². The Labute approximate surface area is 157 Å². The summed E-state index contributed by atoms with van der Waals surface area (Å²) < 4.78 is 5.17. The maximum absolute atomic E-state index is 12.9. The minimum absolute atomic E-state index is 0.114. The number of aryl methyl sites for hydroxylation is 1. The zero-order chi connectivity index (χ0) is 18.7. The molecule has 138 valence electrons. The molecule has 0 unspecified atom stereocenters. The van der Waals surface area contributed by atoms with Crippen LogP contribution in [-0.4, -0.2) is 36.3 Å². The van der Waals surface area contributed by atoms with E-state index in [1.54, 1.807) is 36.1 Å². The van der Waals surface area contributed by atoms with E-state index in [4.69, 9.17) is 21.8 Å². The molecule has 1 aliphatic rings. The van der Waals surface area contributed by atoms with Crippen molar-refractivity contribution in [3.63, 3.8) is 0 Å². The van der Waals surface area contributed by atoms with Gasteiger partial charge >= 0.3 is 0 Å². The van der Waals surface area contributed by atoms with Crippen LogP contribution < -0.4 is 11.1 Å². The summed E-state index contributed by atoms with van der Waals surface area (Å²) in [6.07, 6.45) is 3.24. The summed E-state index contributed by atoms with van der Waals surface area (Å²) in [4.78, 5) is 27.2. The summed E-state index contributed by atoms with van der Waals surface area (Å²) in [5.41, 5.74) is 6.96. The van der Waals surface area contributed by atoms with Gasteiger partial charge in [0.15, 0.2) is 0 Å². The molecule has 0 radical (unpaired) electrons. The van der Waals surface area contributed by atoms with Crippen LogP contribution in [0.5, 0.6) is 0 Å². The van der Waals surface area contributed by atoms with E-state index in [0.29, 0.717) is 53.1 Å². The van der Waals surface area contributed by atoms with E-state index in [9.17, 15) is 9.59 Å². The first kappa shape index (κ1) is 18.5. The number of benzene rings is 1. The Hall–Kier alpha value is -2.31. The molecule has 3 N–H and O–H groups in total. The van der Waals surface area contributed by atoms with E-state index < -0.39 is 0 Å². The average molecular weight is 376 g/mol. The molecule has 2 amide bonds. The number of carbonyl (C=O) groups is 2. The van der Waals surface area contributed by atoms with Crippen molar-refractivity contribution in [1.82, 2.24) is 4.90 Å². The van der Waals surface area contributed by atoms with Crippen LogP contribution in [0.4, 0.5) is 5.69 Å². The summed E-state index contributed by atoms with van der Waals surface area (Å²) in [7, 11) is 0. The molecule has 7 heteroatoms. The van der Waals surface area contributed by atoms with Crippen molar-refractivity contribution in [2.24, 2.45) is 11.7 Å². The maximum atomic E-state index is 12.9. The van der Waals surface area contributed by atoms with Gasteiger partial charge in [0, 0.05) is 18.1 Å². The Kier molecular flexibility index (Phi) is 5.64. The van der Waals surface area contributed by atoms with Crippen LogP contribution >= 0.6 is 11.6 Å². The summed E-state index contributed by atoms with van der Waals surface area (Å²) in [5.74, 6) is 0.527. The number of nitrogens with one attached hydrogen (secondary N) is 1. The third-order valence-corrected chi connectivity index (χ3v) is 5.03. The van der Waals surface area contributed by atoms with Gasteiger partial charge in [-0.1, -0.05) is 11.6 Å². The Morgan fingerprint density at radius 1 is 1.27 bits per heavy atom. The number of amides is 2. The highest BCUT2D eigenvalue weighted by Gasteiger charge is 2.25. The van der Waals surface area contributed by atoms with Crippen molar-refractivity contribution < 1.29 is 14.0 Å². The smallest absolute Gasteiger partial charge is 0.259 e. The zero-order valence-electron chi connectivity index (χ0n) is 14.6. The van der Waals surface area contributed by atoms with Crippen LogP contribution in [0.3, 0.4) is 0 Å². The van der Waals surface area contributed by atoms with Crippen LogP contribution in [0.2, 0.25) is 5.02 Å². The zero-order valence-corrected chi connectivity index (χ0v) is 15.4. The quantitative estimate of drug-likeness (QED) is 0.858. The van der Waals surface area contributed by atoms with Crippen LogP contribution in [-0.2, 0) is 0 Å². The second kappa shape index (κ2) is 7.93. The van der Waals surface area contributed by atoms with Gasteiger partial charge in [-0.3, -0.25) is 9.59 Å². The fourth-order valence-electron chi connectivity index (χ4n) is 3.16. The minimum atomic E-state index is -0.339. The molecule has 3 rings (SSSR count). The lowest BCUT2D eigenvalue weighted by molar-refractivity contribution is 0.0694. The predicted molar refractivity (Wildman–Crippen MR) is 101 cm³/mol. The molecule has 0 saturated carbocycles. The number of anilines is 1. The molecule has 1 saturated heterocycles. The summed E-state index contributed by atoms with van der Waals surface area (Å²) in [5, 5.41) is 3.23. The fraction of sp³-hybridized carbons (Fsp3) is 0.368. The molecule has 26 heavy (non-hydrogen) atoms. The number of piperidine rings is 1. The van der Waals surface area contributed by atoms with Gasteiger partial charge in [0.05, 0.1) is 23.1 Å². The van der Waals surface area contributed by atoms with Crippen LogP contribution in [0.1, 0.15) is 39.3 Å². The van der Waals surface area contributed by atoms with Crippen LogP contribution in [0.25, 0.3) is 0 Å². The number of nitrogens with zero attached hydrogens (tertiary/aromatic N) is 1. The molecule has 1 fully saturated rings. The molecule has 0 aliphatic carbocycles. The van der Waals surface area contributed by atoms with Gasteiger partial charge in [0.2, 0.25) is 0 Å². The highest BCUT2D eigenvalue weighted by Crippen LogP contribution is 2.26. The summed E-state index contributed by atoms with van der Waals surface area (Å²) >= 11 is 6.08. The minimum Gasteiger partial charge on any atom is -0.469 e. The monoisotopic (exact) mass is 375 g/mol. The second-order valence-corrected chi connectivity index (χ2v) is 6.94. The number of hydrogen-bond donors (Lipinski definition) is 2. The van der Waals surface area contributed by atoms with E-state index in [-0.39, 0.29) is 11.8 Å². The molecule has 1 aromatic heterocycles. The van der Waals surface area contributed by atoms with Gasteiger partial charge in [0.25, 0.3) is 11.8 Å². The van der Waals surface area contributed by atoms with Crippen molar-refractivity contribution in [2.45, 2.75) is 19.8 Å². The number of hydrogen-bond acceptors (Lipinski definition) is 4. The molecule has 2 aromatic rings. The predicted octanol–water partition coefficient (Wildman–Crippen LogP) is 3.30. The van der Waals surface area contributed by atoms with Crippen molar-refractivity contribution in [2.75, 3.05) is 25.0 Å². The fourth-order valence-corrected chi connectivity index (χ4v) is 3.33. The van der Waals surface area contributed by atoms with Crippen molar-refractivity contribution in [3.05, 3.63) is 52.4 Å². The number of halogens is 1. The largest absolute Gasteiger partial charge is 0.469 e. The van der Waals surface area contributed by atoms with Crippen molar-refractivity contribution in [3.8, 4) is 0 Å². The van der Waals surface area contributed by atoms with E-state index in [0.717, 1.165) is 12.8 Å². The highest BCUT2D eigenvalue weighted by molar-refractivity contribution is 6.31. The first-order valence-corrected chi connectivity index (χ1v) is 9.01. The van der Waals surface area contributed by atoms with Gasteiger partial charge in [-0.15, -0.1) is 0 Å². The third-order valence-electron chi connectivity index (χ3n) is 4.80. The van der Waals surface area contributed by atoms with Gasteiger partial charge < -0.3 is 20.4 Å². The first-order chi connectivity index (χ1) is 12.5. The molecule has 1 aromatic carbocycles. The number of rotatable bonds is 4. The molecule has 1 aliphatic heterocycles. The van der Waals surface area contributed by atoms with Crippen LogP contribution in [0, 0.1) is 12.8 Å². The normalized spacial score (nSPS) is 15.1. The molecule has 2 heterocycles. The first-order valence-electron chi connectivity index (χ1n) is 8.64. The molecular weight excluding hydrogens is 354 g/mol. The highest BCUT2D eigenvalue weighted by atomic mass is 35.5. The molecule has 0 bridgehead atoms. The maximum Gasteiger partial charge on any atom is 0.259 e. The Morgan fingerprint density at radius 2 is 2.00 bits per heavy atom. The molecular formula is C19H22ClN3O3. The van der Waals surface area contributed by atoms with Gasteiger partial charge in [-0.25, -0.2) is 0 Å². The van der Waals surface area contributed by atoms with E-state index in [1.165, 1.54) is 6.26 Å². The second-order valence-electron chi connectivity index (χ2n) is 6.51. The topological polar surface area (TPSA) is 88.6 Å². The lowest BCUT2D eigenvalue weighted by Gasteiger charge is -2.32. The number of carbonyl (C=O) groups excluding carboxylic acids is 2. The Morgan fingerprint density at radius 3 is 2.62 bits per heavy atom. The van der Waals surface area contributed by atoms with Crippen LogP contribution in [0.15, 0.2) is 34.9 Å². The van der Waals surface area contributed by atoms with E-state index in [1.807, 2.05) is 0 Å². The number of furan rings is 1. The lowest BCUT2D eigenvalue weighted by Crippen LogP contribution is -2.40. The van der Waals surface area contributed by atoms with Gasteiger partial charge in [-0.05, 0) is 56.5 Å². The molecule has 0 spiro atoms. The summed E-state index contributed by atoms with van der Waals surface area (Å²) in [6.45, 7) is 3.68. The Bertz CT molecular complexity index is 810. The Balaban J connectivity index is 1.81. The van der Waals surface area contributed by atoms with E-state index in [2.05, 4.69) is 5.32 Å². The summed E-state index contributed by atoms with van der Waals surface area (Å²) in [6, 6.07) is 6.49. The third kappa shape index (κ3) is 3.92. The van der Waals surface area contributed by atoms with Gasteiger partial charge in [0.1, 0.15) is 5.76 Å². The average Bonchev–Trinajstić information content (AvgIpc) is 3.07. The standard InChI is InChI=1S/C19H22ClN3O3/c1-12-15(6-9-26-12)18(24)22-17-10-14(20)2-3-16(17)19(25)23-7-4-13(11-21)5-8-23/h2-3,6,9-10,13H,4-5,7-8,11,21H2,1H3,(H,22,24). The SMILES string of the molecule is Cc1occc1C(=O)Nc1cc(Cl)ccc1C(=O)N1CCC(CN)CC1. The van der Waals surface area contributed by atoms with Gasteiger partial charge in [-0.2, -0.15) is 0 Å². The lowest BCUT2D eigenvalue weighted by atomic mass is 9.96. The van der Waals surface area contributed by atoms with Crippen molar-refractivity contribution >= 4 is 29.1 Å². The molecule has 0 atom stereocenters. The number of likely N-dealkylation sites (tertiary alicyclic amines) is 1. The molecule has 6 nitrogen and oxygen atoms in total. The number of nitrogens with two attached hydrogens (primary N) is 1.